The van der Waals surface area contributed by atoms with Gasteiger partial charge in [0.1, 0.15) is 0 Å². The molecule has 0 bridgehead atoms. The van der Waals surface area contributed by atoms with Crippen LogP contribution in [0.25, 0.3) is 0 Å². The average molecular weight is 351 g/mol. The van der Waals surface area contributed by atoms with Crippen LogP contribution in [0.3, 0.4) is 0 Å². The van der Waals surface area contributed by atoms with Gasteiger partial charge in [-0.15, -0.1) is 5.10 Å². The lowest BCUT2D eigenvalue weighted by molar-refractivity contribution is 0.569. The summed E-state index contributed by atoms with van der Waals surface area (Å²) in [6.07, 6.45) is 0. The smallest absolute Gasteiger partial charge is 0.153 e. The van der Waals surface area contributed by atoms with Gasteiger partial charge in [-0.05, 0) is 27.6 Å². The van der Waals surface area contributed by atoms with Crippen molar-refractivity contribution < 1.29 is 0 Å². The van der Waals surface area contributed by atoms with Crippen LogP contribution in [-0.2, 0) is 7.05 Å². The molecule has 0 aliphatic rings. The maximum atomic E-state index is 6.20. The van der Waals surface area contributed by atoms with Crippen molar-refractivity contribution >= 4 is 39.1 Å². The van der Waals surface area contributed by atoms with Gasteiger partial charge in [0.15, 0.2) is 4.60 Å². The molecular formula is C10H10BrCl2N5. The normalized spacial score (nSPS) is 12.7. The Bertz CT molecular complexity index is 552. The van der Waals surface area contributed by atoms with Gasteiger partial charge >= 0.3 is 0 Å². The molecule has 18 heavy (non-hydrogen) atoms. The summed E-state index contributed by atoms with van der Waals surface area (Å²) in [6.45, 7) is 0. The molecule has 96 valence electrons. The van der Waals surface area contributed by atoms with E-state index in [1.807, 2.05) is 12.1 Å². The van der Waals surface area contributed by atoms with Gasteiger partial charge in [0, 0.05) is 7.05 Å². The summed E-state index contributed by atoms with van der Waals surface area (Å²) in [6, 6.07) is 5.02. The van der Waals surface area contributed by atoms with Crippen LogP contribution in [0.2, 0.25) is 10.0 Å². The molecule has 5 nitrogen and oxygen atoms in total. The summed E-state index contributed by atoms with van der Waals surface area (Å²) in [4.78, 5) is 0. The molecule has 0 aliphatic carbocycles. The molecule has 1 atom stereocenters. The topological polar surface area (TPSA) is 68.8 Å². The van der Waals surface area contributed by atoms with Gasteiger partial charge in [-0.2, -0.15) is 0 Å². The number of rotatable bonds is 3. The Hall–Kier alpha value is -0.660. The summed E-state index contributed by atoms with van der Waals surface area (Å²) < 4.78 is 2.22. The zero-order chi connectivity index (χ0) is 13.3. The minimum atomic E-state index is -0.356. The lowest BCUT2D eigenvalue weighted by Gasteiger charge is -2.18. The van der Waals surface area contributed by atoms with E-state index in [2.05, 4.69) is 31.7 Å². The molecule has 2 rings (SSSR count). The molecule has 0 saturated carbocycles. The van der Waals surface area contributed by atoms with Crippen molar-refractivity contribution in [1.82, 2.24) is 20.4 Å². The molecule has 1 aromatic carbocycles. The summed E-state index contributed by atoms with van der Waals surface area (Å²) in [5.74, 6) is 5.61. The van der Waals surface area contributed by atoms with Crippen molar-refractivity contribution in [3.8, 4) is 0 Å². The highest BCUT2D eigenvalue weighted by Gasteiger charge is 2.23. The van der Waals surface area contributed by atoms with Crippen LogP contribution in [0.15, 0.2) is 22.8 Å². The molecule has 0 spiro atoms. The second-order valence-corrected chi connectivity index (χ2v) is 5.17. The van der Waals surface area contributed by atoms with E-state index in [0.717, 1.165) is 11.3 Å². The minimum absolute atomic E-state index is 0.356. The third-order valence-corrected chi connectivity index (χ3v) is 3.96. The standard InChI is InChI=1S/C10H10BrCl2N5/c1-18-9(10(11)16-17-18)8(15-14)5-3-2-4-6(12)7(5)13/h2-4,8,15H,14H2,1H3. The fraction of sp³-hybridized carbons (Fsp3) is 0.200. The number of nitrogens with zero attached hydrogens (tertiary/aromatic N) is 3. The largest absolute Gasteiger partial charge is 0.271 e. The second-order valence-electron chi connectivity index (χ2n) is 3.63. The van der Waals surface area contributed by atoms with Crippen LogP contribution in [0.4, 0.5) is 0 Å². The number of hydrazine groups is 1. The predicted molar refractivity (Wildman–Crippen MR) is 74.3 cm³/mol. The first-order valence-corrected chi connectivity index (χ1v) is 6.56. The van der Waals surface area contributed by atoms with Crippen LogP contribution in [0, 0.1) is 0 Å². The molecule has 1 heterocycles. The maximum Gasteiger partial charge on any atom is 0.153 e. The van der Waals surface area contributed by atoms with Gasteiger partial charge in [-0.25, -0.2) is 10.1 Å². The van der Waals surface area contributed by atoms with Gasteiger partial charge < -0.3 is 0 Å². The maximum absolute atomic E-state index is 6.20. The number of nitrogens with two attached hydrogens (primary N) is 1. The van der Waals surface area contributed by atoms with E-state index in [-0.39, 0.29) is 6.04 Å². The molecule has 1 aromatic heterocycles. The highest BCUT2D eigenvalue weighted by molar-refractivity contribution is 9.10. The number of hydrogen-bond donors (Lipinski definition) is 2. The molecule has 0 saturated heterocycles. The fourth-order valence-electron chi connectivity index (χ4n) is 1.70. The third-order valence-electron chi connectivity index (χ3n) is 2.56. The van der Waals surface area contributed by atoms with E-state index in [9.17, 15) is 0 Å². The third kappa shape index (κ3) is 2.39. The van der Waals surface area contributed by atoms with Gasteiger partial charge in [-0.3, -0.25) is 5.84 Å². The van der Waals surface area contributed by atoms with E-state index in [1.165, 1.54) is 0 Å². The van der Waals surface area contributed by atoms with E-state index in [1.54, 1.807) is 17.8 Å². The number of nitrogens with one attached hydrogen (secondary N) is 1. The Labute approximate surface area is 122 Å². The first-order valence-electron chi connectivity index (χ1n) is 5.01. The van der Waals surface area contributed by atoms with E-state index in [4.69, 9.17) is 29.0 Å². The van der Waals surface area contributed by atoms with Crippen molar-refractivity contribution in [3.63, 3.8) is 0 Å². The summed E-state index contributed by atoms with van der Waals surface area (Å²) in [5.41, 5.74) is 4.22. The van der Waals surface area contributed by atoms with Crippen LogP contribution in [-0.4, -0.2) is 15.0 Å². The lowest BCUT2D eigenvalue weighted by atomic mass is 10.0. The number of aromatic nitrogens is 3. The zero-order valence-corrected chi connectivity index (χ0v) is 12.5. The molecule has 3 N–H and O–H groups in total. The molecule has 0 radical (unpaired) electrons. The molecular weight excluding hydrogens is 341 g/mol. The van der Waals surface area contributed by atoms with Gasteiger partial charge in [-0.1, -0.05) is 40.5 Å². The molecule has 0 fully saturated rings. The van der Waals surface area contributed by atoms with Gasteiger partial charge in [0.2, 0.25) is 0 Å². The number of halogens is 3. The van der Waals surface area contributed by atoms with Crippen LogP contribution in [0.5, 0.6) is 0 Å². The fourth-order valence-corrected chi connectivity index (χ4v) is 2.68. The Kier molecular flexibility index (Phi) is 4.24. The molecule has 8 heteroatoms. The predicted octanol–water partition coefficient (Wildman–Crippen LogP) is 2.44. The van der Waals surface area contributed by atoms with Gasteiger partial charge in [0.25, 0.3) is 0 Å². The van der Waals surface area contributed by atoms with Crippen LogP contribution >= 0.6 is 39.1 Å². The average Bonchev–Trinajstić information content (AvgIpc) is 2.67. The Morgan fingerprint density at radius 2 is 2.17 bits per heavy atom. The van der Waals surface area contributed by atoms with E-state index in [0.29, 0.717) is 14.6 Å². The summed E-state index contributed by atoms with van der Waals surface area (Å²) >= 11 is 15.5. The van der Waals surface area contributed by atoms with E-state index < -0.39 is 0 Å². The highest BCUT2D eigenvalue weighted by atomic mass is 79.9. The number of hydrogen-bond acceptors (Lipinski definition) is 4. The first kappa shape index (κ1) is 13.8. The number of aryl methyl sites for hydroxylation is 1. The molecule has 1 unspecified atom stereocenters. The molecule has 0 aliphatic heterocycles. The SMILES string of the molecule is Cn1nnc(Br)c1C(NN)c1cccc(Cl)c1Cl. The highest BCUT2D eigenvalue weighted by Crippen LogP contribution is 2.34. The van der Waals surface area contributed by atoms with Crippen molar-refractivity contribution in [1.29, 1.82) is 0 Å². The lowest BCUT2D eigenvalue weighted by Crippen LogP contribution is -2.31. The summed E-state index contributed by atoms with van der Waals surface area (Å²) in [7, 11) is 1.77. The quantitative estimate of drug-likeness (QED) is 0.659. The Morgan fingerprint density at radius 1 is 1.44 bits per heavy atom. The summed E-state index contributed by atoms with van der Waals surface area (Å²) in [5, 5.41) is 8.76. The Balaban J connectivity index is 2.56. The minimum Gasteiger partial charge on any atom is -0.271 e. The molecule has 2 aromatic rings. The second kappa shape index (κ2) is 5.54. The first-order chi connectivity index (χ1) is 8.56. The number of benzene rings is 1. The van der Waals surface area contributed by atoms with Crippen molar-refractivity contribution in [2.24, 2.45) is 12.9 Å². The zero-order valence-electron chi connectivity index (χ0n) is 9.36. The Morgan fingerprint density at radius 3 is 2.72 bits per heavy atom. The van der Waals surface area contributed by atoms with E-state index >= 15 is 0 Å². The van der Waals surface area contributed by atoms with Crippen LogP contribution < -0.4 is 11.3 Å². The van der Waals surface area contributed by atoms with Crippen molar-refractivity contribution in [2.45, 2.75) is 6.04 Å². The van der Waals surface area contributed by atoms with Crippen molar-refractivity contribution in [3.05, 3.63) is 44.1 Å². The van der Waals surface area contributed by atoms with Crippen molar-refractivity contribution in [2.75, 3.05) is 0 Å². The molecule has 0 amide bonds. The van der Waals surface area contributed by atoms with Gasteiger partial charge in [0.05, 0.1) is 21.8 Å². The van der Waals surface area contributed by atoms with Crippen LogP contribution in [0.1, 0.15) is 17.3 Å². The monoisotopic (exact) mass is 349 g/mol.